The Morgan fingerprint density at radius 2 is 2.16 bits per heavy atom. The van der Waals surface area contributed by atoms with E-state index >= 15 is 0 Å². The van der Waals surface area contributed by atoms with E-state index in [4.69, 9.17) is 11.6 Å². The molecule has 1 saturated carbocycles. The monoisotopic (exact) mass is 284 g/mol. The zero-order valence-corrected chi connectivity index (χ0v) is 12.5. The lowest BCUT2D eigenvalue weighted by molar-refractivity contribution is -0.139. The lowest BCUT2D eigenvalue weighted by Gasteiger charge is -2.34. The molecule has 1 heterocycles. The van der Waals surface area contributed by atoms with Gasteiger partial charge in [0.1, 0.15) is 5.54 Å². The van der Waals surface area contributed by atoms with Gasteiger partial charge in [-0.25, -0.2) is 0 Å². The first-order chi connectivity index (χ1) is 8.88. The van der Waals surface area contributed by atoms with E-state index in [1.165, 1.54) is 5.54 Å². The maximum absolute atomic E-state index is 12.8. The lowest BCUT2D eigenvalue weighted by atomic mass is 9.93. The summed E-state index contributed by atoms with van der Waals surface area (Å²) in [5, 5.41) is 2.94. The summed E-state index contributed by atoms with van der Waals surface area (Å²) in [6.07, 6.45) is 2.37. The third-order valence-electron chi connectivity index (χ3n) is 4.12. The highest BCUT2D eigenvalue weighted by molar-refractivity contribution is 6.25. The van der Waals surface area contributed by atoms with Gasteiger partial charge in [-0.05, 0) is 45.1 Å². The minimum absolute atomic E-state index is 0.0196. The molecular weight excluding hydrogens is 264 g/mol. The van der Waals surface area contributed by atoms with Gasteiger partial charge in [0.2, 0.25) is 11.8 Å². The smallest absolute Gasteiger partial charge is 0.248 e. The molecule has 2 amide bonds. The van der Waals surface area contributed by atoms with Crippen molar-refractivity contribution in [2.45, 2.75) is 51.6 Å². The second-order valence-corrected chi connectivity index (χ2v) is 6.18. The Labute approximate surface area is 119 Å². The standard InChI is InChI=1S/C14H21ClN2O2/c1-9(7-15)8-17-10(2)6-12(18)16-14(3,13(17)19)11-4-5-11/h7,10-11H,4-6,8H2,1-3H3,(H,16,18). The molecule has 4 nitrogen and oxygen atoms in total. The van der Waals surface area contributed by atoms with Crippen LogP contribution in [0.5, 0.6) is 0 Å². The van der Waals surface area contributed by atoms with Gasteiger partial charge in [-0.15, -0.1) is 0 Å². The fourth-order valence-electron chi connectivity index (χ4n) is 2.74. The van der Waals surface area contributed by atoms with Gasteiger partial charge >= 0.3 is 0 Å². The van der Waals surface area contributed by atoms with Crippen LogP contribution in [0.3, 0.4) is 0 Å². The van der Waals surface area contributed by atoms with Gasteiger partial charge in [-0.3, -0.25) is 9.59 Å². The van der Waals surface area contributed by atoms with Gasteiger partial charge in [-0.1, -0.05) is 11.6 Å². The van der Waals surface area contributed by atoms with Crippen LogP contribution in [0.15, 0.2) is 11.1 Å². The van der Waals surface area contributed by atoms with Crippen molar-refractivity contribution in [3.05, 3.63) is 11.1 Å². The zero-order valence-electron chi connectivity index (χ0n) is 11.7. The highest BCUT2D eigenvalue weighted by atomic mass is 35.5. The van der Waals surface area contributed by atoms with Gasteiger partial charge < -0.3 is 10.2 Å². The number of halogens is 1. The molecule has 2 atom stereocenters. The summed E-state index contributed by atoms with van der Waals surface area (Å²) in [5.74, 6) is 0.258. The summed E-state index contributed by atoms with van der Waals surface area (Å²) in [4.78, 5) is 26.5. The average Bonchev–Trinajstić information content (AvgIpc) is 3.17. The van der Waals surface area contributed by atoms with E-state index in [0.29, 0.717) is 13.0 Å². The van der Waals surface area contributed by atoms with Crippen LogP contribution in [0.2, 0.25) is 0 Å². The van der Waals surface area contributed by atoms with Crippen molar-refractivity contribution in [3.63, 3.8) is 0 Å². The first kappa shape index (κ1) is 14.4. The maximum atomic E-state index is 12.8. The summed E-state index contributed by atoms with van der Waals surface area (Å²) in [7, 11) is 0. The molecule has 0 bridgehead atoms. The van der Waals surface area contributed by atoms with Gasteiger partial charge in [0.05, 0.1) is 0 Å². The van der Waals surface area contributed by atoms with E-state index in [2.05, 4.69) is 5.32 Å². The second kappa shape index (κ2) is 5.16. The highest BCUT2D eigenvalue weighted by Gasteiger charge is 2.52. The van der Waals surface area contributed by atoms with Crippen LogP contribution < -0.4 is 5.32 Å². The second-order valence-electron chi connectivity index (χ2n) is 5.97. The van der Waals surface area contributed by atoms with Crippen molar-refractivity contribution in [3.8, 4) is 0 Å². The molecule has 0 aromatic rings. The first-order valence-corrected chi connectivity index (χ1v) is 7.20. The molecule has 2 aliphatic rings. The van der Waals surface area contributed by atoms with Gasteiger partial charge in [0.15, 0.2) is 0 Å². The Hall–Kier alpha value is -1.03. The number of hydrogen-bond acceptors (Lipinski definition) is 2. The topological polar surface area (TPSA) is 49.4 Å². The average molecular weight is 285 g/mol. The summed E-state index contributed by atoms with van der Waals surface area (Å²) in [5.41, 5.74) is 1.68. The minimum atomic E-state index is -0.742. The molecule has 0 spiro atoms. The molecule has 0 radical (unpaired) electrons. The highest BCUT2D eigenvalue weighted by Crippen LogP contribution is 2.41. The molecule has 5 heteroatoms. The molecule has 0 aromatic heterocycles. The van der Waals surface area contributed by atoms with Crippen molar-refractivity contribution in [1.82, 2.24) is 10.2 Å². The van der Waals surface area contributed by atoms with Crippen LogP contribution in [0.4, 0.5) is 0 Å². The molecule has 19 heavy (non-hydrogen) atoms. The zero-order chi connectivity index (χ0) is 14.2. The maximum Gasteiger partial charge on any atom is 0.248 e. The van der Waals surface area contributed by atoms with Crippen LogP contribution in [0.25, 0.3) is 0 Å². The number of amides is 2. The third kappa shape index (κ3) is 2.78. The largest absolute Gasteiger partial charge is 0.342 e. The van der Waals surface area contributed by atoms with Gasteiger partial charge in [0.25, 0.3) is 0 Å². The molecule has 106 valence electrons. The molecule has 2 fully saturated rings. The number of nitrogens with zero attached hydrogens (tertiary/aromatic N) is 1. The van der Waals surface area contributed by atoms with Crippen LogP contribution in [0.1, 0.15) is 40.0 Å². The van der Waals surface area contributed by atoms with Gasteiger partial charge in [-0.2, -0.15) is 0 Å². The molecule has 1 saturated heterocycles. The number of hydrogen-bond donors (Lipinski definition) is 1. The predicted molar refractivity (Wildman–Crippen MR) is 74.7 cm³/mol. The number of carbonyl (C=O) groups excluding carboxylic acids is 2. The summed E-state index contributed by atoms with van der Waals surface area (Å²) < 4.78 is 0. The van der Waals surface area contributed by atoms with Crippen molar-refractivity contribution in [2.75, 3.05) is 6.54 Å². The molecule has 1 aliphatic carbocycles. The third-order valence-corrected chi connectivity index (χ3v) is 4.49. The van der Waals surface area contributed by atoms with Gasteiger partial charge in [0, 0.05) is 24.5 Å². The van der Waals surface area contributed by atoms with Crippen LogP contribution in [-0.4, -0.2) is 34.8 Å². The Balaban J connectivity index is 2.29. The van der Waals surface area contributed by atoms with E-state index in [-0.39, 0.29) is 23.8 Å². The summed E-state index contributed by atoms with van der Waals surface area (Å²) in [6.45, 7) is 6.15. The Morgan fingerprint density at radius 1 is 1.53 bits per heavy atom. The first-order valence-electron chi connectivity index (χ1n) is 6.76. The van der Waals surface area contributed by atoms with E-state index in [0.717, 1.165) is 18.4 Å². The van der Waals surface area contributed by atoms with Crippen molar-refractivity contribution < 1.29 is 9.59 Å². The lowest BCUT2D eigenvalue weighted by Crippen LogP contribution is -2.57. The van der Waals surface area contributed by atoms with E-state index < -0.39 is 5.54 Å². The van der Waals surface area contributed by atoms with Crippen molar-refractivity contribution in [1.29, 1.82) is 0 Å². The Bertz CT molecular complexity index is 431. The van der Waals surface area contributed by atoms with E-state index in [1.807, 2.05) is 20.8 Å². The molecule has 2 unspecified atom stereocenters. The minimum Gasteiger partial charge on any atom is -0.342 e. The van der Waals surface area contributed by atoms with Crippen LogP contribution >= 0.6 is 11.6 Å². The Kier molecular flexibility index (Phi) is 3.90. The summed E-state index contributed by atoms with van der Waals surface area (Å²) >= 11 is 5.70. The van der Waals surface area contributed by atoms with Crippen molar-refractivity contribution in [2.24, 2.45) is 5.92 Å². The fourth-order valence-corrected chi connectivity index (χ4v) is 2.81. The quantitative estimate of drug-likeness (QED) is 0.862. The van der Waals surface area contributed by atoms with Crippen molar-refractivity contribution >= 4 is 23.4 Å². The molecular formula is C14H21ClN2O2. The fraction of sp³-hybridized carbons (Fsp3) is 0.714. The van der Waals surface area contributed by atoms with E-state index in [1.54, 1.807) is 4.90 Å². The predicted octanol–water partition coefficient (Wildman–Crippen LogP) is 2.03. The molecule has 1 N–H and O–H groups in total. The summed E-state index contributed by atoms with van der Waals surface area (Å²) in [6, 6.07) is -0.0976. The normalized spacial score (nSPS) is 33.2. The van der Waals surface area contributed by atoms with Crippen LogP contribution in [0, 0.1) is 5.92 Å². The number of carbonyl (C=O) groups is 2. The number of nitrogens with one attached hydrogen (secondary N) is 1. The molecule has 2 rings (SSSR count). The molecule has 0 aromatic carbocycles. The molecule has 1 aliphatic heterocycles. The Morgan fingerprint density at radius 3 is 2.68 bits per heavy atom. The van der Waals surface area contributed by atoms with E-state index in [9.17, 15) is 9.59 Å². The SMILES string of the molecule is CC(=CCl)CN1C(=O)C(C)(C2CC2)NC(=O)CC1C. The number of rotatable bonds is 3. The van der Waals surface area contributed by atoms with Crippen LogP contribution in [-0.2, 0) is 9.59 Å².